The number of hydrogen-bond acceptors (Lipinski definition) is 2. The summed E-state index contributed by atoms with van der Waals surface area (Å²) in [5.74, 6) is 0. The van der Waals surface area contributed by atoms with Gasteiger partial charge in [0.05, 0.1) is 16.7 Å². The van der Waals surface area contributed by atoms with Gasteiger partial charge in [-0.15, -0.1) is 0 Å². The maximum atomic E-state index is 2.44. The van der Waals surface area contributed by atoms with Crippen molar-refractivity contribution in [2.75, 3.05) is 9.80 Å². The summed E-state index contributed by atoms with van der Waals surface area (Å²) in [4.78, 5) is 4.78. The van der Waals surface area contributed by atoms with Crippen LogP contribution in [0.5, 0.6) is 0 Å². The Morgan fingerprint density at radius 1 is 0.262 bits per heavy atom. The van der Waals surface area contributed by atoms with E-state index in [9.17, 15) is 0 Å². The van der Waals surface area contributed by atoms with Crippen LogP contribution in [0.25, 0.3) is 71.3 Å². The van der Waals surface area contributed by atoms with Gasteiger partial charge >= 0.3 is 0 Å². The van der Waals surface area contributed by atoms with Gasteiger partial charge in [-0.3, -0.25) is 0 Å². The Kier molecular flexibility index (Phi) is 9.50. The molecule has 0 saturated carbocycles. The predicted octanol–water partition coefficient (Wildman–Crippen LogP) is 17.4. The van der Waals surface area contributed by atoms with Crippen LogP contribution in [0.1, 0.15) is 0 Å². The van der Waals surface area contributed by atoms with Crippen LogP contribution in [0.4, 0.5) is 34.1 Å². The standard InChI is InChI=1S/C62H43N3/c1-6-17-44(18-7-1)46-29-35-53(36-30-46)63(50-22-10-3-11-23-50)55-39-40-56-49(43-55)34-42-58-61(56)62-59(65(58)52-26-14-5-15-27-52)41-33-48-21-16-28-57(60(48)62)64(51-24-12-4-13-25-51)54-37-31-47(32-38-54)45-19-8-2-9-20-45/h1-43H. The van der Waals surface area contributed by atoms with Crippen LogP contribution in [0.3, 0.4) is 0 Å². The Morgan fingerprint density at radius 2 is 0.708 bits per heavy atom. The molecule has 0 aliphatic rings. The first kappa shape index (κ1) is 38.0. The Morgan fingerprint density at radius 3 is 1.29 bits per heavy atom. The number of hydrogen-bond donors (Lipinski definition) is 0. The van der Waals surface area contributed by atoms with Gasteiger partial charge in [-0.25, -0.2) is 0 Å². The highest BCUT2D eigenvalue weighted by atomic mass is 15.1. The van der Waals surface area contributed by atoms with Crippen LogP contribution in [0.2, 0.25) is 0 Å². The molecular weight excluding hydrogens is 787 g/mol. The van der Waals surface area contributed by atoms with Crippen LogP contribution in [-0.2, 0) is 0 Å². The first-order chi connectivity index (χ1) is 32.3. The first-order valence-corrected chi connectivity index (χ1v) is 22.3. The molecule has 0 aliphatic carbocycles. The fourth-order valence-electron chi connectivity index (χ4n) is 9.75. The number of anilines is 6. The molecular formula is C62H43N3. The fraction of sp³-hybridized carbons (Fsp3) is 0. The molecule has 0 atom stereocenters. The van der Waals surface area contributed by atoms with E-state index in [2.05, 4.69) is 275 Å². The zero-order valence-electron chi connectivity index (χ0n) is 35.7. The van der Waals surface area contributed by atoms with E-state index in [1.165, 1.54) is 65.6 Å². The molecule has 0 saturated heterocycles. The van der Waals surface area contributed by atoms with E-state index in [1.54, 1.807) is 0 Å². The van der Waals surface area contributed by atoms with E-state index in [1.807, 2.05) is 0 Å². The molecule has 65 heavy (non-hydrogen) atoms. The molecule has 0 fully saturated rings. The van der Waals surface area contributed by atoms with Crippen molar-refractivity contribution in [2.24, 2.45) is 0 Å². The maximum absolute atomic E-state index is 2.44. The van der Waals surface area contributed by atoms with Crippen molar-refractivity contribution in [2.45, 2.75) is 0 Å². The number of fused-ring (bicyclic) bond motifs is 7. The van der Waals surface area contributed by atoms with E-state index in [4.69, 9.17) is 0 Å². The van der Waals surface area contributed by atoms with Gasteiger partial charge in [0.1, 0.15) is 0 Å². The topological polar surface area (TPSA) is 11.4 Å². The second-order valence-electron chi connectivity index (χ2n) is 16.5. The Labute approximate surface area is 378 Å². The lowest BCUT2D eigenvalue weighted by atomic mass is 9.97. The minimum Gasteiger partial charge on any atom is -0.310 e. The fourth-order valence-corrected chi connectivity index (χ4v) is 9.75. The van der Waals surface area contributed by atoms with Crippen molar-refractivity contribution < 1.29 is 0 Å². The summed E-state index contributed by atoms with van der Waals surface area (Å²) < 4.78 is 2.44. The van der Waals surface area contributed by atoms with Crippen LogP contribution in [-0.4, -0.2) is 4.57 Å². The van der Waals surface area contributed by atoms with Gasteiger partial charge < -0.3 is 14.4 Å². The van der Waals surface area contributed by atoms with E-state index in [0.717, 1.165) is 39.8 Å². The third-order valence-electron chi connectivity index (χ3n) is 12.7. The summed E-state index contributed by atoms with van der Waals surface area (Å²) in [7, 11) is 0. The molecule has 12 aromatic rings. The molecule has 11 aromatic carbocycles. The molecule has 0 bridgehead atoms. The number of rotatable bonds is 9. The largest absolute Gasteiger partial charge is 0.310 e. The number of para-hydroxylation sites is 3. The van der Waals surface area contributed by atoms with Crippen LogP contribution in [0.15, 0.2) is 261 Å². The number of nitrogens with zero attached hydrogens (tertiary/aromatic N) is 3. The van der Waals surface area contributed by atoms with Gasteiger partial charge in [-0.05, 0) is 129 Å². The third kappa shape index (κ3) is 6.78. The summed E-state index contributed by atoms with van der Waals surface area (Å²) in [6, 6.07) is 94.3. The summed E-state index contributed by atoms with van der Waals surface area (Å²) in [6.45, 7) is 0. The molecule has 0 aliphatic heterocycles. The minimum atomic E-state index is 1.10. The average molecular weight is 830 g/mol. The average Bonchev–Trinajstić information content (AvgIpc) is 3.73. The zero-order chi connectivity index (χ0) is 43.1. The smallest absolute Gasteiger partial charge is 0.0548 e. The second-order valence-corrected chi connectivity index (χ2v) is 16.5. The summed E-state index contributed by atoms with van der Waals surface area (Å²) in [6.07, 6.45) is 0. The summed E-state index contributed by atoms with van der Waals surface area (Å²) in [5.41, 5.74) is 14.9. The van der Waals surface area contributed by atoms with Crippen molar-refractivity contribution in [1.29, 1.82) is 0 Å². The monoisotopic (exact) mass is 829 g/mol. The summed E-state index contributed by atoms with van der Waals surface area (Å²) >= 11 is 0. The van der Waals surface area contributed by atoms with Crippen molar-refractivity contribution >= 4 is 77.5 Å². The zero-order valence-corrected chi connectivity index (χ0v) is 35.7. The van der Waals surface area contributed by atoms with Gasteiger partial charge in [0.2, 0.25) is 0 Å². The van der Waals surface area contributed by atoms with Gasteiger partial charge in [0, 0.05) is 50.3 Å². The van der Waals surface area contributed by atoms with Gasteiger partial charge in [0.25, 0.3) is 0 Å². The molecule has 306 valence electrons. The van der Waals surface area contributed by atoms with Crippen LogP contribution < -0.4 is 9.80 Å². The van der Waals surface area contributed by atoms with Crippen molar-refractivity contribution in [3.05, 3.63) is 261 Å². The minimum absolute atomic E-state index is 1.10. The number of aromatic nitrogens is 1. The quantitative estimate of drug-likeness (QED) is 0.144. The highest BCUT2D eigenvalue weighted by Gasteiger charge is 2.23. The first-order valence-electron chi connectivity index (χ1n) is 22.3. The molecule has 1 heterocycles. The van der Waals surface area contributed by atoms with Crippen LogP contribution in [0, 0.1) is 0 Å². The van der Waals surface area contributed by atoms with E-state index < -0.39 is 0 Å². The maximum Gasteiger partial charge on any atom is 0.0548 e. The Balaban J connectivity index is 1.10. The van der Waals surface area contributed by atoms with Gasteiger partial charge in [-0.1, -0.05) is 170 Å². The van der Waals surface area contributed by atoms with Crippen molar-refractivity contribution in [3.8, 4) is 27.9 Å². The van der Waals surface area contributed by atoms with Crippen molar-refractivity contribution in [1.82, 2.24) is 4.57 Å². The normalized spacial score (nSPS) is 11.4. The Hall–Kier alpha value is -8.66. The molecule has 3 heteroatoms. The van der Waals surface area contributed by atoms with E-state index in [0.29, 0.717) is 0 Å². The predicted molar refractivity (Wildman–Crippen MR) is 276 cm³/mol. The molecule has 0 radical (unpaired) electrons. The molecule has 0 amide bonds. The SMILES string of the molecule is c1ccc(-c2ccc(N(c3ccccc3)c3ccc4c(ccc5c4c4c6c(N(c7ccccc7)c7ccc(-c8ccccc8)cc7)cccc6ccc4n5-c4ccccc4)c3)cc2)cc1. The molecule has 12 rings (SSSR count). The van der Waals surface area contributed by atoms with Gasteiger partial charge in [-0.2, -0.15) is 0 Å². The highest BCUT2D eigenvalue weighted by Crippen LogP contribution is 2.47. The van der Waals surface area contributed by atoms with E-state index >= 15 is 0 Å². The lowest BCUT2D eigenvalue weighted by Crippen LogP contribution is -2.10. The summed E-state index contributed by atoms with van der Waals surface area (Å²) in [5, 5.41) is 7.24. The van der Waals surface area contributed by atoms with Crippen LogP contribution >= 0.6 is 0 Å². The van der Waals surface area contributed by atoms with Gasteiger partial charge in [0.15, 0.2) is 0 Å². The molecule has 0 unspecified atom stereocenters. The Bertz CT molecular complexity index is 3600. The molecule has 1 aromatic heterocycles. The number of benzene rings is 11. The lowest BCUT2D eigenvalue weighted by Gasteiger charge is -2.27. The van der Waals surface area contributed by atoms with E-state index in [-0.39, 0.29) is 0 Å². The molecule has 0 N–H and O–H groups in total. The second kappa shape index (κ2) is 16.2. The molecule has 3 nitrogen and oxygen atoms in total. The third-order valence-corrected chi connectivity index (χ3v) is 12.7. The lowest BCUT2D eigenvalue weighted by molar-refractivity contribution is 1.18. The molecule has 0 spiro atoms. The highest BCUT2D eigenvalue weighted by molar-refractivity contribution is 6.31. The van der Waals surface area contributed by atoms with Crippen molar-refractivity contribution in [3.63, 3.8) is 0 Å².